The maximum atomic E-state index is 13.9. The Morgan fingerprint density at radius 1 is 0.921 bits per heavy atom. The Morgan fingerprint density at radius 2 is 1.63 bits per heavy atom. The van der Waals surface area contributed by atoms with Crippen LogP contribution in [0.5, 0.6) is 5.75 Å². The Morgan fingerprint density at radius 3 is 2.37 bits per heavy atom. The number of methoxy groups -OCH3 is 1. The summed E-state index contributed by atoms with van der Waals surface area (Å²) in [6, 6.07) is 24.5. The fourth-order valence-corrected chi connectivity index (χ4v) is 4.24. The van der Waals surface area contributed by atoms with E-state index in [0.717, 1.165) is 27.8 Å². The summed E-state index contributed by atoms with van der Waals surface area (Å²) in [4.78, 5) is 27.5. The van der Waals surface area contributed by atoms with E-state index in [2.05, 4.69) is 5.92 Å². The Balaban J connectivity index is 1.74. The average molecular weight is 508 g/mol. The maximum absolute atomic E-state index is 13.9. The van der Waals surface area contributed by atoms with E-state index >= 15 is 0 Å². The van der Waals surface area contributed by atoms with Crippen molar-refractivity contribution in [3.8, 4) is 29.2 Å². The predicted molar refractivity (Wildman–Crippen MR) is 150 cm³/mol. The molecule has 0 N–H and O–H groups in total. The second-order valence-electron chi connectivity index (χ2n) is 8.43. The largest absolute Gasteiger partial charge is 0.497 e. The van der Waals surface area contributed by atoms with Gasteiger partial charge in [-0.3, -0.25) is 9.59 Å². The van der Waals surface area contributed by atoms with Crippen LogP contribution in [0.1, 0.15) is 15.9 Å². The summed E-state index contributed by atoms with van der Waals surface area (Å²) in [5.41, 5.74) is 2.74. The minimum absolute atomic E-state index is 0.122. The van der Waals surface area contributed by atoms with Crippen molar-refractivity contribution in [1.82, 2.24) is 4.57 Å². The van der Waals surface area contributed by atoms with Crippen molar-refractivity contribution >= 4 is 22.8 Å². The molecule has 38 heavy (non-hydrogen) atoms. The van der Waals surface area contributed by atoms with Crippen molar-refractivity contribution < 1.29 is 19.0 Å². The van der Waals surface area contributed by atoms with E-state index in [9.17, 15) is 9.59 Å². The third kappa shape index (κ3) is 6.27. The smallest absolute Gasteiger partial charge is 0.262 e. The van der Waals surface area contributed by atoms with Crippen LogP contribution < -0.4 is 10.3 Å². The van der Waals surface area contributed by atoms with Gasteiger partial charge in [-0.2, -0.15) is 0 Å². The Labute approximate surface area is 222 Å². The van der Waals surface area contributed by atoms with Crippen LogP contribution in [0.15, 0.2) is 89.7 Å². The SMILES string of the molecule is C#CCOCCOCCn1c(=O)c(C(=O)/C=C/c2ccc(OC)cc2)c(-c2ccccc2)c2ccccc21. The molecule has 192 valence electrons. The van der Waals surface area contributed by atoms with Crippen LogP contribution in [0.4, 0.5) is 0 Å². The molecule has 4 aromatic rings. The number of rotatable bonds is 12. The first-order chi connectivity index (χ1) is 18.6. The van der Waals surface area contributed by atoms with Gasteiger partial charge in [-0.25, -0.2) is 0 Å². The molecule has 0 saturated carbocycles. The fourth-order valence-electron chi connectivity index (χ4n) is 4.24. The molecule has 0 unspecified atom stereocenters. The molecule has 3 aromatic carbocycles. The molecule has 0 aliphatic carbocycles. The number of aromatic nitrogens is 1. The van der Waals surface area contributed by atoms with Gasteiger partial charge in [0.15, 0.2) is 5.78 Å². The predicted octanol–water partition coefficient (Wildman–Crippen LogP) is 5.24. The average Bonchev–Trinajstić information content (AvgIpc) is 2.96. The first kappa shape index (κ1) is 26.6. The van der Waals surface area contributed by atoms with Crippen molar-refractivity contribution in [2.45, 2.75) is 6.54 Å². The standard InChI is InChI=1S/C32H29NO5/c1-3-20-37-22-23-38-21-19-33-28-12-8-7-11-27(28)30(25-9-5-4-6-10-25)31(32(33)35)29(34)18-15-24-13-16-26(36-2)17-14-24/h1,4-18H,19-23H2,2H3/b18-15+. The number of para-hydroxylation sites is 1. The van der Waals surface area contributed by atoms with Gasteiger partial charge < -0.3 is 18.8 Å². The summed E-state index contributed by atoms with van der Waals surface area (Å²) in [6.45, 7) is 1.51. The minimum Gasteiger partial charge on any atom is -0.497 e. The van der Waals surface area contributed by atoms with Gasteiger partial charge in [0.1, 0.15) is 12.4 Å². The molecule has 0 aliphatic heterocycles. The van der Waals surface area contributed by atoms with Crippen molar-refractivity contribution in [2.75, 3.05) is 33.5 Å². The third-order valence-electron chi connectivity index (χ3n) is 6.04. The van der Waals surface area contributed by atoms with E-state index < -0.39 is 0 Å². The lowest BCUT2D eigenvalue weighted by Crippen LogP contribution is -2.29. The molecule has 1 heterocycles. The summed E-state index contributed by atoms with van der Waals surface area (Å²) in [7, 11) is 1.60. The number of terminal acetylenes is 1. The molecule has 0 aliphatic rings. The number of carbonyl (C=O) groups excluding carboxylic acids is 1. The van der Waals surface area contributed by atoms with Crippen LogP contribution in [0.2, 0.25) is 0 Å². The number of nitrogens with zero attached hydrogens (tertiary/aromatic N) is 1. The van der Waals surface area contributed by atoms with Crippen molar-refractivity contribution in [2.24, 2.45) is 0 Å². The van der Waals surface area contributed by atoms with Crippen LogP contribution >= 0.6 is 0 Å². The monoisotopic (exact) mass is 507 g/mol. The Bertz CT molecular complexity index is 1510. The summed E-state index contributed by atoms with van der Waals surface area (Å²) < 4.78 is 17.7. The van der Waals surface area contributed by atoms with Crippen molar-refractivity contribution in [3.63, 3.8) is 0 Å². The molecule has 0 radical (unpaired) electrons. The number of carbonyl (C=O) groups is 1. The van der Waals surface area contributed by atoms with Crippen LogP contribution in [0, 0.1) is 12.3 Å². The first-order valence-electron chi connectivity index (χ1n) is 12.3. The summed E-state index contributed by atoms with van der Waals surface area (Å²) >= 11 is 0. The van der Waals surface area contributed by atoms with Gasteiger partial charge >= 0.3 is 0 Å². The van der Waals surface area contributed by atoms with Crippen LogP contribution in [0.25, 0.3) is 28.1 Å². The number of ketones is 1. The van der Waals surface area contributed by atoms with E-state index in [0.29, 0.717) is 18.8 Å². The molecule has 6 heteroatoms. The highest BCUT2D eigenvalue weighted by Gasteiger charge is 2.22. The molecule has 0 spiro atoms. The zero-order valence-corrected chi connectivity index (χ0v) is 21.3. The summed E-state index contributed by atoms with van der Waals surface area (Å²) in [5.74, 6) is 2.76. The molecule has 0 saturated heterocycles. The fraction of sp³-hybridized carbons (Fsp3) is 0.188. The Kier molecular flexibility index (Phi) is 9.25. The van der Waals surface area contributed by atoms with Gasteiger partial charge in [0.2, 0.25) is 0 Å². The zero-order valence-electron chi connectivity index (χ0n) is 21.3. The lowest BCUT2D eigenvalue weighted by atomic mass is 9.93. The number of benzene rings is 3. The highest BCUT2D eigenvalue weighted by atomic mass is 16.5. The molecule has 0 bridgehead atoms. The number of ether oxygens (including phenoxy) is 3. The molecule has 6 nitrogen and oxygen atoms in total. The van der Waals surface area contributed by atoms with E-state index in [-0.39, 0.29) is 36.7 Å². The van der Waals surface area contributed by atoms with Gasteiger partial charge in [0.25, 0.3) is 5.56 Å². The van der Waals surface area contributed by atoms with E-state index in [1.54, 1.807) is 17.8 Å². The van der Waals surface area contributed by atoms with Crippen molar-refractivity contribution in [1.29, 1.82) is 0 Å². The second kappa shape index (κ2) is 13.2. The second-order valence-corrected chi connectivity index (χ2v) is 8.43. The van der Waals surface area contributed by atoms with E-state index in [1.807, 2.05) is 78.9 Å². The molecule has 0 fully saturated rings. The zero-order chi connectivity index (χ0) is 26.7. The molecule has 0 atom stereocenters. The Hall–Kier alpha value is -4.44. The molecular formula is C32H29NO5. The number of pyridine rings is 1. The maximum Gasteiger partial charge on any atom is 0.262 e. The highest BCUT2D eigenvalue weighted by molar-refractivity contribution is 6.15. The van der Waals surface area contributed by atoms with Crippen LogP contribution in [0.3, 0.4) is 0 Å². The van der Waals surface area contributed by atoms with Gasteiger partial charge in [0.05, 0.1) is 38.0 Å². The number of allylic oxidation sites excluding steroid dienone is 1. The van der Waals surface area contributed by atoms with Crippen LogP contribution in [-0.2, 0) is 16.0 Å². The number of hydrogen-bond acceptors (Lipinski definition) is 5. The number of hydrogen-bond donors (Lipinski definition) is 0. The third-order valence-corrected chi connectivity index (χ3v) is 6.04. The highest BCUT2D eigenvalue weighted by Crippen LogP contribution is 2.31. The molecule has 4 rings (SSSR count). The summed E-state index contributed by atoms with van der Waals surface area (Å²) in [5, 5.41) is 0.817. The van der Waals surface area contributed by atoms with Gasteiger partial charge in [-0.15, -0.1) is 6.42 Å². The molecular weight excluding hydrogens is 478 g/mol. The van der Waals surface area contributed by atoms with Gasteiger partial charge in [0, 0.05) is 17.5 Å². The first-order valence-corrected chi connectivity index (χ1v) is 12.3. The van der Waals surface area contributed by atoms with E-state index in [4.69, 9.17) is 20.6 Å². The summed E-state index contributed by atoms with van der Waals surface area (Å²) in [6.07, 6.45) is 8.33. The molecule has 1 aromatic heterocycles. The molecule has 0 amide bonds. The van der Waals surface area contributed by atoms with E-state index in [1.165, 1.54) is 6.08 Å². The van der Waals surface area contributed by atoms with Crippen LogP contribution in [-0.4, -0.2) is 43.9 Å². The quantitative estimate of drug-likeness (QED) is 0.114. The minimum atomic E-state index is -0.368. The topological polar surface area (TPSA) is 66.8 Å². The lowest BCUT2D eigenvalue weighted by molar-refractivity contribution is 0.0567. The number of fused-ring (bicyclic) bond motifs is 1. The van der Waals surface area contributed by atoms with Crippen molar-refractivity contribution in [3.05, 3.63) is 106 Å². The normalized spacial score (nSPS) is 11.1. The lowest BCUT2D eigenvalue weighted by Gasteiger charge is -2.17. The van der Waals surface area contributed by atoms with Gasteiger partial charge in [-0.1, -0.05) is 72.7 Å². The van der Waals surface area contributed by atoms with Gasteiger partial charge in [-0.05, 0) is 35.4 Å².